The lowest BCUT2D eigenvalue weighted by Gasteiger charge is -2.33. The highest BCUT2D eigenvalue weighted by Crippen LogP contribution is 2.23. The SMILES string of the molecule is CC1CNCCN1CCOc1ccccc1Br. The zero-order valence-electron chi connectivity index (χ0n) is 10.2. The van der Waals surface area contributed by atoms with Crippen LogP contribution < -0.4 is 10.1 Å². The predicted molar refractivity (Wildman–Crippen MR) is 73.5 cm³/mol. The van der Waals surface area contributed by atoms with E-state index in [1.807, 2.05) is 24.3 Å². The topological polar surface area (TPSA) is 24.5 Å². The Morgan fingerprint density at radius 2 is 2.29 bits per heavy atom. The molecule has 4 heteroatoms. The minimum Gasteiger partial charge on any atom is -0.491 e. The van der Waals surface area contributed by atoms with E-state index in [1.54, 1.807) is 0 Å². The van der Waals surface area contributed by atoms with Crippen molar-refractivity contribution in [3.8, 4) is 5.75 Å². The van der Waals surface area contributed by atoms with Gasteiger partial charge < -0.3 is 10.1 Å². The molecule has 1 aliphatic rings. The van der Waals surface area contributed by atoms with E-state index in [0.717, 1.165) is 43.0 Å². The van der Waals surface area contributed by atoms with E-state index in [9.17, 15) is 0 Å². The molecule has 94 valence electrons. The van der Waals surface area contributed by atoms with Crippen LogP contribution >= 0.6 is 15.9 Å². The van der Waals surface area contributed by atoms with Crippen molar-refractivity contribution in [2.24, 2.45) is 0 Å². The summed E-state index contributed by atoms with van der Waals surface area (Å²) in [6.07, 6.45) is 0. The zero-order valence-corrected chi connectivity index (χ0v) is 11.7. The zero-order chi connectivity index (χ0) is 12.1. The summed E-state index contributed by atoms with van der Waals surface area (Å²) in [5, 5.41) is 3.39. The summed E-state index contributed by atoms with van der Waals surface area (Å²) >= 11 is 3.49. The van der Waals surface area contributed by atoms with Gasteiger partial charge in [0, 0.05) is 32.2 Å². The number of rotatable bonds is 4. The van der Waals surface area contributed by atoms with Gasteiger partial charge in [0.2, 0.25) is 0 Å². The molecule has 2 rings (SSSR count). The van der Waals surface area contributed by atoms with Crippen LogP contribution in [0.5, 0.6) is 5.75 Å². The molecule has 0 amide bonds. The van der Waals surface area contributed by atoms with Gasteiger partial charge >= 0.3 is 0 Å². The molecular weight excluding hydrogens is 280 g/mol. The third-order valence-electron chi connectivity index (χ3n) is 3.11. The van der Waals surface area contributed by atoms with Crippen LogP contribution in [0.1, 0.15) is 6.92 Å². The van der Waals surface area contributed by atoms with Crippen molar-refractivity contribution in [1.82, 2.24) is 10.2 Å². The summed E-state index contributed by atoms with van der Waals surface area (Å²) in [7, 11) is 0. The molecule has 0 saturated carbocycles. The van der Waals surface area contributed by atoms with E-state index in [1.165, 1.54) is 0 Å². The highest BCUT2D eigenvalue weighted by molar-refractivity contribution is 9.10. The average molecular weight is 299 g/mol. The van der Waals surface area contributed by atoms with Crippen molar-refractivity contribution in [3.05, 3.63) is 28.7 Å². The van der Waals surface area contributed by atoms with Gasteiger partial charge in [-0.2, -0.15) is 0 Å². The summed E-state index contributed by atoms with van der Waals surface area (Å²) in [4.78, 5) is 2.47. The van der Waals surface area contributed by atoms with Gasteiger partial charge in [0.25, 0.3) is 0 Å². The van der Waals surface area contributed by atoms with Crippen LogP contribution in [-0.4, -0.2) is 43.7 Å². The van der Waals surface area contributed by atoms with Gasteiger partial charge in [0.1, 0.15) is 12.4 Å². The second kappa shape index (κ2) is 6.38. The molecule has 17 heavy (non-hydrogen) atoms. The maximum absolute atomic E-state index is 5.78. The van der Waals surface area contributed by atoms with Crippen molar-refractivity contribution >= 4 is 15.9 Å². The third-order valence-corrected chi connectivity index (χ3v) is 3.77. The Morgan fingerprint density at radius 1 is 1.47 bits per heavy atom. The van der Waals surface area contributed by atoms with E-state index in [-0.39, 0.29) is 0 Å². The highest BCUT2D eigenvalue weighted by atomic mass is 79.9. The Morgan fingerprint density at radius 3 is 3.06 bits per heavy atom. The summed E-state index contributed by atoms with van der Waals surface area (Å²) < 4.78 is 6.80. The summed E-state index contributed by atoms with van der Waals surface area (Å²) in [5.74, 6) is 0.926. The van der Waals surface area contributed by atoms with Gasteiger partial charge in [-0.15, -0.1) is 0 Å². The lowest BCUT2D eigenvalue weighted by Crippen LogP contribution is -2.50. The number of hydrogen-bond acceptors (Lipinski definition) is 3. The van der Waals surface area contributed by atoms with Crippen LogP contribution in [0.3, 0.4) is 0 Å². The van der Waals surface area contributed by atoms with Gasteiger partial charge in [0.05, 0.1) is 4.47 Å². The number of nitrogens with zero attached hydrogens (tertiary/aromatic N) is 1. The normalized spacial score (nSPS) is 21.4. The Balaban J connectivity index is 1.77. The second-order valence-corrected chi connectivity index (χ2v) is 5.22. The number of halogens is 1. The number of benzene rings is 1. The van der Waals surface area contributed by atoms with Crippen LogP contribution in [0.15, 0.2) is 28.7 Å². The van der Waals surface area contributed by atoms with Crippen LogP contribution in [0.25, 0.3) is 0 Å². The van der Waals surface area contributed by atoms with Gasteiger partial charge in [-0.1, -0.05) is 12.1 Å². The van der Waals surface area contributed by atoms with Crippen LogP contribution in [0.4, 0.5) is 0 Å². The summed E-state index contributed by atoms with van der Waals surface area (Å²) in [5.41, 5.74) is 0. The number of nitrogens with one attached hydrogen (secondary N) is 1. The van der Waals surface area contributed by atoms with Crippen LogP contribution in [-0.2, 0) is 0 Å². The molecule has 0 bridgehead atoms. The van der Waals surface area contributed by atoms with Crippen LogP contribution in [0.2, 0.25) is 0 Å². The molecule has 1 saturated heterocycles. The van der Waals surface area contributed by atoms with Gasteiger partial charge in [-0.25, -0.2) is 0 Å². The lowest BCUT2D eigenvalue weighted by molar-refractivity contribution is 0.143. The van der Waals surface area contributed by atoms with Gasteiger partial charge in [-0.05, 0) is 35.0 Å². The third kappa shape index (κ3) is 3.69. The standard InChI is InChI=1S/C13H19BrN2O/c1-11-10-15-6-7-16(11)8-9-17-13-5-3-2-4-12(13)14/h2-5,11,15H,6-10H2,1H3. The van der Waals surface area contributed by atoms with Crippen molar-refractivity contribution in [2.75, 3.05) is 32.8 Å². The maximum atomic E-state index is 5.78. The second-order valence-electron chi connectivity index (χ2n) is 4.37. The minimum absolute atomic E-state index is 0.603. The molecule has 1 heterocycles. The van der Waals surface area contributed by atoms with E-state index < -0.39 is 0 Å². The van der Waals surface area contributed by atoms with Gasteiger partial charge in [0.15, 0.2) is 0 Å². The first-order valence-electron chi connectivity index (χ1n) is 6.09. The summed E-state index contributed by atoms with van der Waals surface area (Å²) in [6.45, 7) is 7.26. The molecule has 0 aliphatic carbocycles. The summed E-state index contributed by atoms with van der Waals surface area (Å²) in [6, 6.07) is 8.59. The fraction of sp³-hybridized carbons (Fsp3) is 0.538. The Hall–Kier alpha value is -0.580. The monoisotopic (exact) mass is 298 g/mol. The molecular formula is C13H19BrN2O. The fourth-order valence-electron chi connectivity index (χ4n) is 2.05. The quantitative estimate of drug-likeness (QED) is 0.922. The molecule has 1 N–H and O–H groups in total. The van der Waals surface area contributed by atoms with E-state index in [4.69, 9.17) is 4.74 Å². The molecule has 1 unspecified atom stereocenters. The molecule has 1 aliphatic heterocycles. The van der Waals surface area contributed by atoms with E-state index in [2.05, 4.69) is 33.1 Å². The Labute approximate surface area is 111 Å². The number of para-hydroxylation sites is 1. The predicted octanol–water partition coefficient (Wildman–Crippen LogP) is 2.12. The average Bonchev–Trinajstić information content (AvgIpc) is 2.34. The van der Waals surface area contributed by atoms with Gasteiger partial charge in [-0.3, -0.25) is 4.90 Å². The van der Waals surface area contributed by atoms with Crippen molar-refractivity contribution in [1.29, 1.82) is 0 Å². The molecule has 1 atom stereocenters. The smallest absolute Gasteiger partial charge is 0.133 e. The molecule has 1 aromatic rings. The molecule has 0 spiro atoms. The van der Waals surface area contributed by atoms with Crippen molar-refractivity contribution in [2.45, 2.75) is 13.0 Å². The molecule has 1 aromatic carbocycles. The molecule has 0 aromatic heterocycles. The van der Waals surface area contributed by atoms with E-state index >= 15 is 0 Å². The number of ether oxygens (including phenoxy) is 1. The number of piperazine rings is 1. The Bertz CT molecular complexity index is 359. The maximum Gasteiger partial charge on any atom is 0.133 e. The van der Waals surface area contributed by atoms with Crippen molar-refractivity contribution < 1.29 is 4.74 Å². The molecule has 0 radical (unpaired) electrons. The first-order valence-corrected chi connectivity index (χ1v) is 6.89. The minimum atomic E-state index is 0.603. The van der Waals surface area contributed by atoms with Crippen LogP contribution in [0, 0.1) is 0 Å². The lowest BCUT2D eigenvalue weighted by atomic mass is 10.2. The first kappa shape index (κ1) is 12.9. The highest BCUT2D eigenvalue weighted by Gasteiger charge is 2.17. The Kier molecular flexibility index (Phi) is 4.83. The largest absolute Gasteiger partial charge is 0.491 e. The molecule has 3 nitrogen and oxygen atoms in total. The van der Waals surface area contributed by atoms with Crippen molar-refractivity contribution in [3.63, 3.8) is 0 Å². The number of hydrogen-bond donors (Lipinski definition) is 1. The molecule has 1 fully saturated rings. The first-order chi connectivity index (χ1) is 8.27. The fourth-order valence-corrected chi connectivity index (χ4v) is 2.45. The van der Waals surface area contributed by atoms with E-state index in [0.29, 0.717) is 6.04 Å².